The van der Waals surface area contributed by atoms with Crippen LogP contribution in [0.2, 0.25) is 5.02 Å². The van der Waals surface area contributed by atoms with Crippen molar-refractivity contribution in [2.75, 3.05) is 13.7 Å². The normalized spacial score (nSPS) is 28.4. The molecule has 2 fully saturated rings. The molecule has 0 unspecified atom stereocenters. The quantitative estimate of drug-likeness (QED) is 0.875. The number of benzene rings is 1. The first-order chi connectivity index (χ1) is 12.4. The van der Waals surface area contributed by atoms with E-state index in [1.165, 1.54) is 0 Å². The highest BCUT2D eigenvalue weighted by atomic mass is 35.5. The first-order valence-electron chi connectivity index (χ1n) is 9.04. The number of amides is 1. The third kappa shape index (κ3) is 2.79. The first kappa shape index (κ1) is 17.7. The van der Waals surface area contributed by atoms with E-state index >= 15 is 0 Å². The molecule has 1 aromatic carbocycles. The van der Waals surface area contributed by atoms with Gasteiger partial charge in [0.1, 0.15) is 0 Å². The molecule has 0 radical (unpaired) electrons. The summed E-state index contributed by atoms with van der Waals surface area (Å²) in [5.74, 6) is -0.0409. The van der Waals surface area contributed by atoms with Crippen molar-refractivity contribution in [1.82, 2.24) is 9.88 Å². The number of hydrogen-bond donors (Lipinski definition) is 1. The topological polar surface area (TPSA) is 62.7 Å². The zero-order chi connectivity index (χ0) is 18.5. The second kappa shape index (κ2) is 6.48. The zero-order valence-corrected chi connectivity index (χ0v) is 15.8. The molecular weight excluding hydrogens is 352 g/mol. The lowest BCUT2D eigenvalue weighted by atomic mass is 9.79. The number of carbonyl (C=O) groups is 1. The largest absolute Gasteiger partial charge is 0.393 e. The van der Waals surface area contributed by atoms with Crippen molar-refractivity contribution < 1.29 is 14.6 Å². The number of nitrogens with zero attached hydrogens (tertiary/aromatic N) is 2. The maximum atomic E-state index is 13.5. The summed E-state index contributed by atoms with van der Waals surface area (Å²) in [6, 6.07) is 7.15. The molecule has 0 spiro atoms. The van der Waals surface area contributed by atoms with Gasteiger partial charge in [-0.1, -0.05) is 11.6 Å². The molecule has 4 rings (SSSR count). The minimum atomic E-state index is -0.387. The highest BCUT2D eigenvalue weighted by Crippen LogP contribution is 2.43. The fourth-order valence-corrected chi connectivity index (χ4v) is 4.75. The molecule has 1 aromatic heterocycles. The highest BCUT2D eigenvalue weighted by molar-refractivity contribution is 6.31. The average Bonchev–Trinajstić information content (AvgIpc) is 3.00. The molecular formula is C20H23ClN2O3. The van der Waals surface area contributed by atoms with Gasteiger partial charge in [0.2, 0.25) is 0 Å². The maximum Gasteiger partial charge on any atom is 0.254 e. The number of halogens is 1. The zero-order valence-electron chi connectivity index (χ0n) is 15.0. The third-order valence-electron chi connectivity index (χ3n) is 5.95. The minimum Gasteiger partial charge on any atom is -0.393 e. The van der Waals surface area contributed by atoms with E-state index in [1.807, 2.05) is 24.0 Å². The monoisotopic (exact) mass is 374 g/mol. The van der Waals surface area contributed by atoms with Crippen LogP contribution in [0.5, 0.6) is 0 Å². The number of ether oxygens (including phenoxy) is 1. The van der Waals surface area contributed by atoms with E-state index in [0.29, 0.717) is 23.6 Å². The Hall–Kier alpha value is -1.69. The van der Waals surface area contributed by atoms with Gasteiger partial charge < -0.3 is 14.7 Å². The van der Waals surface area contributed by atoms with E-state index in [4.69, 9.17) is 16.3 Å². The highest BCUT2D eigenvalue weighted by Gasteiger charge is 2.52. The van der Waals surface area contributed by atoms with Gasteiger partial charge in [0.25, 0.3) is 5.91 Å². The summed E-state index contributed by atoms with van der Waals surface area (Å²) in [6.45, 7) is 2.52. The van der Waals surface area contributed by atoms with Gasteiger partial charge in [-0.3, -0.25) is 9.78 Å². The molecule has 0 bridgehead atoms. The fraction of sp³-hybridized carbons (Fsp3) is 0.500. The van der Waals surface area contributed by atoms with Gasteiger partial charge >= 0.3 is 0 Å². The van der Waals surface area contributed by atoms with Crippen LogP contribution in [0.3, 0.4) is 0 Å². The molecule has 1 saturated heterocycles. The van der Waals surface area contributed by atoms with Gasteiger partial charge in [0.15, 0.2) is 0 Å². The van der Waals surface area contributed by atoms with E-state index in [1.54, 1.807) is 19.2 Å². The van der Waals surface area contributed by atoms with Crippen molar-refractivity contribution in [2.24, 2.45) is 0 Å². The number of rotatable bonds is 2. The van der Waals surface area contributed by atoms with Gasteiger partial charge in [-0.05, 0) is 56.9 Å². The number of aliphatic hydroxyl groups excluding tert-OH is 1. The second-order valence-electron chi connectivity index (χ2n) is 7.43. The van der Waals surface area contributed by atoms with E-state index < -0.39 is 0 Å². The van der Waals surface area contributed by atoms with Crippen LogP contribution in [0.1, 0.15) is 41.7 Å². The van der Waals surface area contributed by atoms with Crippen molar-refractivity contribution in [1.29, 1.82) is 0 Å². The number of pyridine rings is 1. The molecule has 5 nitrogen and oxygen atoms in total. The van der Waals surface area contributed by atoms with Crippen LogP contribution in [-0.4, -0.2) is 52.3 Å². The third-order valence-corrected chi connectivity index (χ3v) is 6.19. The van der Waals surface area contributed by atoms with Crippen LogP contribution in [-0.2, 0) is 4.74 Å². The van der Waals surface area contributed by atoms with Crippen LogP contribution < -0.4 is 0 Å². The Morgan fingerprint density at radius 3 is 2.96 bits per heavy atom. The Morgan fingerprint density at radius 2 is 2.19 bits per heavy atom. The molecule has 1 aliphatic carbocycles. The molecule has 1 amide bonds. The van der Waals surface area contributed by atoms with Crippen LogP contribution >= 0.6 is 11.6 Å². The van der Waals surface area contributed by atoms with E-state index in [0.717, 1.165) is 35.9 Å². The van der Waals surface area contributed by atoms with Crippen molar-refractivity contribution in [3.63, 3.8) is 0 Å². The Morgan fingerprint density at radius 1 is 1.38 bits per heavy atom. The predicted molar refractivity (Wildman–Crippen MR) is 101 cm³/mol. The van der Waals surface area contributed by atoms with Crippen molar-refractivity contribution in [3.8, 4) is 0 Å². The number of aliphatic hydroxyl groups is 1. The minimum absolute atomic E-state index is 0.0409. The smallest absolute Gasteiger partial charge is 0.254 e. The molecule has 1 saturated carbocycles. The summed E-state index contributed by atoms with van der Waals surface area (Å²) in [7, 11) is 1.71. The fourth-order valence-electron chi connectivity index (χ4n) is 4.58. The van der Waals surface area contributed by atoms with Gasteiger partial charge in [-0.15, -0.1) is 0 Å². The van der Waals surface area contributed by atoms with Crippen LogP contribution in [0.25, 0.3) is 10.9 Å². The summed E-state index contributed by atoms with van der Waals surface area (Å²) in [6.07, 6.45) is 2.47. The van der Waals surface area contributed by atoms with Gasteiger partial charge in [-0.2, -0.15) is 0 Å². The summed E-state index contributed by atoms with van der Waals surface area (Å²) < 4.78 is 5.86. The van der Waals surface area contributed by atoms with Gasteiger partial charge in [0.05, 0.1) is 28.8 Å². The molecule has 2 heterocycles. The number of aryl methyl sites for hydroxylation is 1. The van der Waals surface area contributed by atoms with Crippen molar-refractivity contribution in [2.45, 2.75) is 50.4 Å². The number of fused-ring (bicyclic) bond motifs is 2. The molecule has 3 atom stereocenters. The van der Waals surface area contributed by atoms with E-state index in [9.17, 15) is 9.90 Å². The average molecular weight is 375 g/mol. The standard InChI is InChI=1S/C20H23ClN2O3/c1-12-9-16(15-10-13(21)3-4-17(15)22-12)19(25)23-8-7-20(26-2)6-5-14(24)11-18(20)23/h3-4,9-10,14,18,24H,5-8,11H2,1-2H3/t14-,18-,20+/m0/s1. The van der Waals surface area contributed by atoms with E-state index in [2.05, 4.69) is 4.98 Å². The molecule has 6 heteroatoms. The van der Waals surface area contributed by atoms with Crippen LogP contribution in [0, 0.1) is 6.92 Å². The van der Waals surface area contributed by atoms with Gasteiger partial charge in [-0.25, -0.2) is 0 Å². The van der Waals surface area contributed by atoms with Crippen molar-refractivity contribution in [3.05, 3.63) is 40.5 Å². The SMILES string of the molecule is CO[C@@]12CC[C@H](O)C[C@@H]1N(C(=O)c1cc(C)nc3ccc(Cl)cc13)CC2. The maximum absolute atomic E-state index is 13.5. The predicted octanol–water partition coefficient (Wildman–Crippen LogP) is 3.34. The lowest BCUT2D eigenvalue weighted by Gasteiger charge is -2.42. The number of carbonyl (C=O) groups excluding carboxylic acids is 1. The Kier molecular flexibility index (Phi) is 4.41. The van der Waals surface area contributed by atoms with Crippen LogP contribution in [0.15, 0.2) is 24.3 Å². The molecule has 2 aromatic rings. The number of methoxy groups -OCH3 is 1. The number of likely N-dealkylation sites (tertiary alicyclic amines) is 1. The number of aromatic nitrogens is 1. The van der Waals surface area contributed by atoms with Gasteiger partial charge in [0, 0.05) is 29.8 Å². The number of hydrogen-bond acceptors (Lipinski definition) is 4. The first-order valence-corrected chi connectivity index (χ1v) is 9.42. The Labute approximate surface area is 157 Å². The molecule has 1 N–H and O–H groups in total. The summed E-state index contributed by atoms with van der Waals surface area (Å²) in [4.78, 5) is 19.9. The molecule has 1 aliphatic heterocycles. The van der Waals surface area contributed by atoms with E-state index in [-0.39, 0.29) is 23.7 Å². The molecule has 26 heavy (non-hydrogen) atoms. The molecule has 138 valence electrons. The second-order valence-corrected chi connectivity index (χ2v) is 7.87. The Bertz CT molecular complexity index is 872. The van der Waals surface area contributed by atoms with Crippen molar-refractivity contribution >= 4 is 28.4 Å². The molecule has 2 aliphatic rings. The summed E-state index contributed by atoms with van der Waals surface area (Å²) in [5.41, 5.74) is 1.83. The summed E-state index contributed by atoms with van der Waals surface area (Å²) in [5, 5.41) is 11.5. The lowest BCUT2D eigenvalue weighted by Crippen LogP contribution is -2.52. The van der Waals surface area contributed by atoms with Crippen LogP contribution in [0.4, 0.5) is 0 Å². The lowest BCUT2D eigenvalue weighted by molar-refractivity contribution is -0.0824. The summed E-state index contributed by atoms with van der Waals surface area (Å²) >= 11 is 6.16. The Balaban J connectivity index is 1.76.